The first kappa shape index (κ1) is 13.4. The summed E-state index contributed by atoms with van der Waals surface area (Å²) in [7, 11) is 1.63. The van der Waals surface area contributed by atoms with Crippen molar-refractivity contribution in [1.29, 1.82) is 0 Å². The van der Waals surface area contributed by atoms with Gasteiger partial charge < -0.3 is 4.74 Å². The van der Waals surface area contributed by atoms with Gasteiger partial charge in [0, 0.05) is 25.0 Å². The van der Waals surface area contributed by atoms with E-state index in [9.17, 15) is 4.79 Å². The maximum absolute atomic E-state index is 12.6. The van der Waals surface area contributed by atoms with Gasteiger partial charge in [0.15, 0.2) is 0 Å². The largest absolute Gasteiger partial charge is 0.497 e. The van der Waals surface area contributed by atoms with Gasteiger partial charge in [-0.2, -0.15) is 0 Å². The second-order valence-electron chi connectivity index (χ2n) is 4.95. The molecule has 2 heterocycles. The Morgan fingerprint density at radius 2 is 1.81 bits per heavy atom. The lowest BCUT2D eigenvalue weighted by Crippen LogP contribution is -2.32. The van der Waals surface area contributed by atoms with Gasteiger partial charge in [0.2, 0.25) is 0 Å². The monoisotopic (exact) mass is 283 g/mol. The van der Waals surface area contributed by atoms with Gasteiger partial charge >= 0.3 is 6.03 Å². The molecule has 0 saturated carbocycles. The number of aryl methyl sites for hydroxylation is 1. The van der Waals surface area contributed by atoms with E-state index in [1.165, 1.54) is 0 Å². The third-order valence-corrected chi connectivity index (χ3v) is 3.70. The summed E-state index contributed by atoms with van der Waals surface area (Å²) in [5, 5.41) is 0. The van der Waals surface area contributed by atoms with Crippen molar-refractivity contribution in [2.45, 2.75) is 6.92 Å². The second-order valence-corrected chi connectivity index (χ2v) is 4.95. The van der Waals surface area contributed by atoms with Crippen LogP contribution in [0.4, 0.5) is 16.2 Å². The van der Waals surface area contributed by atoms with Crippen molar-refractivity contribution in [2.75, 3.05) is 30.0 Å². The molecule has 1 fully saturated rings. The Morgan fingerprint density at radius 1 is 1.10 bits per heavy atom. The molecule has 5 heteroatoms. The van der Waals surface area contributed by atoms with Crippen LogP contribution < -0.4 is 14.5 Å². The van der Waals surface area contributed by atoms with E-state index in [0.29, 0.717) is 13.1 Å². The fourth-order valence-corrected chi connectivity index (χ4v) is 2.50. The second kappa shape index (κ2) is 5.44. The van der Waals surface area contributed by atoms with Crippen LogP contribution in [0.25, 0.3) is 0 Å². The van der Waals surface area contributed by atoms with Crippen LogP contribution in [0.5, 0.6) is 5.75 Å². The molecule has 1 saturated heterocycles. The van der Waals surface area contributed by atoms with Gasteiger partial charge in [0.25, 0.3) is 0 Å². The van der Waals surface area contributed by atoms with E-state index < -0.39 is 0 Å². The molecule has 0 unspecified atom stereocenters. The maximum atomic E-state index is 12.6. The third-order valence-electron chi connectivity index (χ3n) is 3.70. The lowest BCUT2D eigenvalue weighted by Gasteiger charge is -2.20. The van der Waals surface area contributed by atoms with Gasteiger partial charge in [0.1, 0.15) is 5.75 Å². The topological polar surface area (TPSA) is 45.7 Å². The number of pyridine rings is 1. The van der Waals surface area contributed by atoms with E-state index in [2.05, 4.69) is 4.98 Å². The van der Waals surface area contributed by atoms with Crippen LogP contribution in [-0.4, -0.2) is 31.2 Å². The van der Waals surface area contributed by atoms with Gasteiger partial charge in [-0.05, 0) is 42.8 Å². The van der Waals surface area contributed by atoms with Crippen LogP contribution in [0, 0.1) is 6.92 Å². The Balaban J connectivity index is 1.84. The highest BCUT2D eigenvalue weighted by atomic mass is 16.5. The Bertz CT molecular complexity index is 655. The number of carbonyl (C=O) groups excluding carboxylic acids is 1. The van der Waals surface area contributed by atoms with Crippen LogP contribution in [0.15, 0.2) is 42.7 Å². The van der Waals surface area contributed by atoms with Crippen molar-refractivity contribution < 1.29 is 9.53 Å². The van der Waals surface area contributed by atoms with E-state index in [1.807, 2.05) is 37.3 Å². The van der Waals surface area contributed by atoms with E-state index in [1.54, 1.807) is 29.3 Å². The number of carbonyl (C=O) groups is 1. The van der Waals surface area contributed by atoms with Crippen LogP contribution in [0.1, 0.15) is 5.56 Å². The Hall–Kier alpha value is -2.56. The van der Waals surface area contributed by atoms with Crippen molar-refractivity contribution in [3.8, 4) is 5.75 Å². The summed E-state index contributed by atoms with van der Waals surface area (Å²) in [6, 6.07) is 9.42. The Labute approximate surface area is 123 Å². The Kier molecular flexibility index (Phi) is 3.48. The lowest BCUT2D eigenvalue weighted by atomic mass is 10.2. The molecule has 108 valence electrons. The molecule has 0 aliphatic carbocycles. The fourth-order valence-electron chi connectivity index (χ4n) is 2.50. The number of ether oxygens (including phenoxy) is 1. The molecule has 0 atom stereocenters. The number of rotatable bonds is 3. The van der Waals surface area contributed by atoms with Crippen LogP contribution in [0.3, 0.4) is 0 Å². The number of hydrogen-bond donors (Lipinski definition) is 0. The predicted molar refractivity (Wildman–Crippen MR) is 82.1 cm³/mol. The molecule has 1 aromatic carbocycles. The van der Waals surface area contributed by atoms with Crippen molar-refractivity contribution in [1.82, 2.24) is 4.98 Å². The number of hydrogen-bond acceptors (Lipinski definition) is 3. The number of nitrogens with zero attached hydrogens (tertiary/aromatic N) is 3. The molecular weight excluding hydrogens is 266 g/mol. The number of anilines is 2. The summed E-state index contributed by atoms with van der Waals surface area (Å²) in [6.45, 7) is 3.32. The Morgan fingerprint density at radius 3 is 2.48 bits per heavy atom. The van der Waals surface area contributed by atoms with Gasteiger partial charge in [-0.1, -0.05) is 0 Å². The summed E-state index contributed by atoms with van der Waals surface area (Å²) in [6.07, 6.45) is 3.48. The first-order valence-electron chi connectivity index (χ1n) is 6.84. The molecule has 0 N–H and O–H groups in total. The summed E-state index contributed by atoms with van der Waals surface area (Å²) in [4.78, 5) is 20.3. The maximum Gasteiger partial charge on any atom is 0.329 e. The fraction of sp³-hybridized carbons (Fsp3) is 0.250. The predicted octanol–water partition coefficient (Wildman–Crippen LogP) is 2.85. The first-order valence-corrected chi connectivity index (χ1v) is 6.84. The highest BCUT2D eigenvalue weighted by molar-refractivity contribution is 6.06. The molecule has 0 spiro atoms. The quantitative estimate of drug-likeness (QED) is 0.870. The minimum absolute atomic E-state index is 0.0173. The molecule has 0 radical (unpaired) electrons. The van der Waals surface area contributed by atoms with Gasteiger partial charge in [-0.15, -0.1) is 0 Å². The average molecular weight is 283 g/mol. The molecule has 21 heavy (non-hydrogen) atoms. The first-order chi connectivity index (χ1) is 10.2. The normalized spacial score (nSPS) is 14.7. The number of methoxy groups -OCH3 is 1. The molecule has 1 aliphatic rings. The van der Waals surface area contributed by atoms with Crippen LogP contribution >= 0.6 is 0 Å². The highest BCUT2D eigenvalue weighted by Gasteiger charge is 2.31. The molecule has 5 nitrogen and oxygen atoms in total. The molecule has 2 aromatic rings. The van der Waals surface area contributed by atoms with E-state index >= 15 is 0 Å². The van der Waals surface area contributed by atoms with Crippen molar-refractivity contribution in [3.05, 3.63) is 48.3 Å². The van der Waals surface area contributed by atoms with E-state index in [-0.39, 0.29) is 6.03 Å². The zero-order chi connectivity index (χ0) is 14.8. The number of benzene rings is 1. The minimum atomic E-state index is -0.0173. The SMILES string of the molecule is COc1ccc(N2CCN(c3cnccc3C)C2=O)cc1. The smallest absolute Gasteiger partial charge is 0.329 e. The van der Waals surface area contributed by atoms with E-state index in [4.69, 9.17) is 4.74 Å². The molecule has 0 bridgehead atoms. The summed E-state index contributed by atoms with van der Waals surface area (Å²) in [5.41, 5.74) is 2.80. The minimum Gasteiger partial charge on any atom is -0.497 e. The van der Waals surface area contributed by atoms with E-state index in [0.717, 1.165) is 22.7 Å². The van der Waals surface area contributed by atoms with Gasteiger partial charge in [0.05, 0.1) is 19.0 Å². The number of aromatic nitrogens is 1. The molecule has 3 rings (SSSR count). The van der Waals surface area contributed by atoms with Crippen LogP contribution in [-0.2, 0) is 0 Å². The molecular formula is C16H17N3O2. The molecule has 1 aromatic heterocycles. The number of amides is 2. The van der Waals surface area contributed by atoms with Gasteiger partial charge in [-0.25, -0.2) is 4.79 Å². The summed E-state index contributed by atoms with van der Waals surface area (Å²) >= 11 is 0. The zero-order valence-corrected chi connectivity index (χ0v) is 12.1. The van der Waals surface area contributed by atoms with Crippen LogP contribution in [0.2, 0.25) is 0 Å². The molecule has 2 amide bonds. The standard InChI is InChI=1S/C16H17N3O2/c1-12-7-8-17-11-15(12)19-10-9-18(16(19)20)13-3-5-14(21-2)6-4-13/h3-8,11H,9-10H2,1-2H3. The zero-order valence-electron chi connectivity index (χ0n) is 12.1. The number of urea groups is 1. The van der Waals surface area contributed by atoms with Crippen molar-refractivity contribution >= 4 is 17.4 Å². The average Bonchev–Trinajstić information content (AvgIpc) is 2.89. The van der Waals surface area contributed by atoms with Crippen molar-refractivity contribution in [2.24, 2.45) is 0 Å². The third kappa shape index (κ3) is 2.42. The summed E-state index contributed by atoms with van der Waals surface area (Å²) in [5.74, 6) is 0.783. The lowest BCUT2D eigenvalue weighted by molar-refractivity contribution is 0.256. The van der Waals surface area contributed by atoms with Crippen molar-refractivity contribution in [3.63, 3.8) is 0 Å². The molecule has 1 aliphatic heterocycles. The van der Waals surface area contributed by atoms with Gasteiger partial charge in [-0.3, -0.25) is 14.8 Å². The summed E-state index contributed by atoms with van der Waals surface area (Å²) < 4.78 is 5.14. The highest BCUT2D eigenvalue weighted by Crippen LogP contribution is 2.27.